The van der Waals surface area contributed by atoms with Crippen molar-refractivity contribution >= 4 is 41.1 Å². The molecule has 0 spiro atoms. The standard InChI is InChI=1S/C33H30N2O5S/c1-3-40-30-18-9-7-14-24(30)20-28(35-32(37)23-12-5-4-6-13-23)33(38)34-25-15-11-16-26(21-25)41-22-29(36)27-17-8-10-19-31(27)39-2/h4-21H,3,22H2,1-2H3,(H,34,38)(H,35,37)/b28-20-. The summed E-state index contributed by atoms with van der Waals surface area (Å²) < 4.78 is 11.0. The van der Waals surface area contributed by atoms with Crippen LogP contribution >= 0.6 is 11.8 Å². The van der Waals surface area contributed by atoms with Crippen LogP contribution in [0.5, 0.6) is 11.5 Å². The Balaban J connectivity index is 1.53. The predicted octanol–water partition coefficient (Wildman–Crippen LogP) is 6.48. The molecule has 208 valence electrons. The summed E-state index contributed by atoms with van der Waals surface area (Å²) in [6.07, 6.45) is 1.59. The molecule has 0 aliphatic rings. The van der Waals surface area contributed by atoms with Crippen LogP contribution in [0.15, 0.2) is 114 Å². The molecule has 41 heavy (non-hydrogen) atoms. The van der Waals surface area contributed by atoms with E-state index in [1.165, 1.54) is 18.9 Å². The molecule has 2 N–H and O–H groups in total. The van der Waals surface area contributed by atoms with Crippen LogP contribution < -0.4 is 20.1 Å². The highest BCUT2D eigenvalue weighted by Crippen LogP contribution is 2.26. The summed E-state index contributed by atoms with van der Waals surface area (Å²) in [4.78, 5) is 40.0. The number of carbonyl (C=O) groups excluding carboxylic acids is 3. The van der Waals surface area contributed by atoms with Crippen molar-refractivity contribution in [3.05, 3.63) is 126 Å². The lowest BCUT2D eigenvalue weighted by atomic mass is 10.1. The highest BCUT2D eigenvalue weighted by molar-refractivity contribution is 8.00. The maximum atomic E-state index is 13.5. The molecule has 4 aromatic rings. The monoisotopic (exact) mass is 566 g/mol. The molecule has 0 aliphatic heterocycles. The molecule has 0 unspecified atom stereocenters. The average Bonchev–Trinajstić information content (AvgIpc) is 3.01. The molecule has 0 radical (unpaired) electrons. The Morgan fingerprint density at radius 3 is 2.29 bits per heavy atom. The van der Waals surface area contributed by atoms with Crippen LogP contribution in [0, 0.1) is 0 Å². The molecule has 8 heteroatoms. The fourth-order valence-electron chi connectivity index (χ4n) is 3.95. The molecular formula is C33H30N2O5S. The third kappa shape index (κ3) is 8.09. The number of hydrogen-bond acceptors (Lipinski definition) is 6. The number of rotatable bonds is 12. The third-order valence-electron chi connectivity index (χ3n) is 5.92. The van der Waals surface area contributed by atoms with E-state index in [9.17, 15) is 14.4 Å². The van der Waals surface area contributed by atoms with Crippen LogP contribution in [-0.4, -0.2) is 37.1 Å². The summed E-state index contributed by atoms with van der Waals surface area (Å²) >= 11 is 1.35. The van der Waals surface area contributed by atoms with E-state index in [0.717, 1.165) is 4.90 Å². The van der Waals surface area contributed by atoms with Crippen molar-refractivity contribution in [3.8, 4) is 11.5 Å². The predicted molar refractivity (Wildman–Crippen MR) is 163 cm³/mol. The Bertz CT molecular complexity index is 1550. The second-order valence-corrected chi connectivity index (χ2v) is 9.79. The zero-order valence-electron chi connectivity index (χ0n) is 22.8. The molecule has 0 atom stereocenters. The normalized spacial score (nSPS) is 10.9. The summed E-state index contributed by atoms with van der Waals surface area (Å²) in [6.45, 7) is 2.33. The van der Waals surface area contributed by atoms with E-state index in [2.05, 4.69) is 10.6 Å². The molecule has 0 aromatic heterocycles. The molecule has 0 bridgehead atoms. The van der Waals surface area contributed by atoms with Gasteiger partial charge in [-0.3, -0.25) is 14.4 Å². The summed E-state index contributed by atoms with van der Waals surface area (Å²) in [5.41, 5.74) is 2.15. The Morgan fingerprint density at radius 2 is 1.54 bits per heavy atom. The molecule has 0 heterocycles. The van der Waals surface area contributed by atoms with E-state index in [-0.39, 0.29) is 17.2 Å². The minimum Gasteiger partial charge on any atom is -0.496 e. The number of thioether (sulfide) groups is 1. The lowest BCUT2D eigenvalue weighted by molar-refractivity contribution is -0.113. The lowest BCUT2D eigenvalue weighted by Crippen LogP contribution is -2.30. The Kier molecular flexibility index (Phi) is 10.3. The largest absolute Gasteiger partial charge is 0.496 e. The van der Waals surface area contributed by atoms with Gasteiger partial charge in [-0.05, 0) is 61.5 Å². The van der Waals surface area contributed by atoms with Gasteiger partial charge in [0.15, 0.2) is 5.78 Å². The Morgan fingerprint density at radius 1 is 0.829 bits per heavy atom. The van der Waals surface area contributed by atoms with Crippen molar-refractivity contribution in [3.63, 3.8) is 0 Å². The smallest absolute Gasteiger partial charge is 0.272 e. The minimum atomic E-state index is -0.507. The topological polar surface area (TPSA) is 93.7 Å². The minimum absolute atomic E-state index is 0.0513. The Hall–Kier alpha value is -4.82. The first-order chi connectivity index (χ1) is 20.0. The van der Waals surface area contributed by atoms with Crippen molar-refractivity contribution in [2.75, 3.05) is 24.8 Å². The summed E-state index contributed by atoms with van der Waals surface area (Å²) in [5.74, 6) is 0.329. The van der Waals surface area contributed by atoms with Gasteiger partial charge in [-0.1, -0.05) is 54.6 Å². The van der Waals surface area contributed by atoms with Gasteiger partial charge in [0.2, 0.25) is 0 Å². The van der Waals surface area contributed by atoms with Crippen molar-refractivity contribution in [2.45, 2.75) is 11.8 Å². The number of amides is 2. The second-order valence-electron chi connectivity index (χ2n) is 8.74. The molecule has 4 rings (SSSR count). The summed E-state index contributed by atoms with van der Waals surface area (Å²) in [6, 6.07) is 30.2. The highest BCUT2D eigenvalue weighted by Gasteiger charge is 2.17. The summed E-state index contributed by atoms with van der Waals surface area (Å²) in [7, 11) is 1.53. The van der Waals surface area contributed by atoms with Crippen molar-refractivity contribution in [1.82, 2.24) is 5.32 Å². The molecule has 0 saturated heterocycles. The van der Waals surface area contributed by atoms with Crippen LogP contribution in [-0.2, 0) is 4.79 Å². The number of hydrogen-bond donors (Lipinski definition) is 2. The lowest BCUT2D eigenvalue weighted by Gasteiger charge is -2.13. The quantitative estimate of drug-likeness (QED) is 0.116. The van der Waals surface area contributed by atoms with Crippen molar-refractivity contribution < 1.29 is 23.9 Å². The van der Waals surface area contributed by atoms with Crippen LogP contribution in [0.2, 0.25) is 0 Å². The zero-order valence-corrected chi connectivity index (χ0v) is 23.6. The van der Waals surface area contributed by atoms with Gasteiger partial charge in [-0.25, -0.2) is 0 Å². The van der Waals surface area contributed by atoms with Gasteiger partial charge in [-0.2, -0.15) is 0 Å². The van der Waals surface area contributed by atoms with E-state index >= 15 is 0 Å². The van der Waals surface area contributed by atoms with Gasteiger partial charge in [-0.15, -0.1) is 11.8 Å². The maximum absolute atomic E-state index is 13.5. The van der Waals surface area contributed by atoms with E-state index in [1.807, 2.05) is 43.3 Å². The third-order valence-corrected chi connectivity index (χ3v) is 6.91. The van der Waals surface area contributed by atoms with Gasteiger partial charge in [0.25, 0.3) is 11.8 Å². The first kappa shape index (κ1) is 29.2. The molecule has 0 aliphatic carbocycles. The first-order valence-corrected chi connectivity index (χ1v) is 14.0. The number of Topliss-reactive ketones (excluding diaryl/α,β-unsaturated/α-hetero) is 1. The van der Waals surface area contributed by atoms with Gasteiger partial charge < -0.3 is 20.1 Å². The van der Waals surface area contributed by atoms with Crippen LogP contribution in [0.3, 0.4) is 0 Å². The Labute approximate surface area is 243 Å². The molecular weight excluding hydrogens is 536 g/mol. The van der Waals surface area contributed by atoms with Crippen molar-refractivity contribution in [2.24, 2.45) is 0 Å². The van der Waals surface area contributed by atoms with Crippen molar-refractivity contribution in [1.29, 1.82) is 0 Å². The SMILES string of the molecule is CCOc1ccccc1/C=C(\NC(=O)c1ccccc1)C(=O)Nc1cccc(SCC(=O)c2ccccc2OC)c1. The van der Waals surface area contributed by atoms with Crippen LogP contribution in [0.4, 0.5) is 5.69 Å². The first-order valence-electron chi connectivity index (χ1n) is 13.0. The number of methoxy groups -OCH3 is 1. The average molecular weight is 567 g/mol. The number of ketones is 1. The van der Waals surface area contributed by atoms with E-state index in [0.29, 0.717) is 40.5 Å². The maximum Gasteiger partial charge on any atom is 0.272 e. The second kappa shape index (κ2) is 14.5. The van der Waals surface area contributed by atoms with E-state index < -0.39 is 11.8 Å². The number of anilines is 1. The number of benzene rings is 4. The van der Waals surface area contributed by atoms with E-state index in [1.54, 1.807) is 72.8 Å². The number of nitrogens with one attached hydrogen (secondary N) is 2. The molecule has 2 amide bonds. The van der Waals surface area contributed by atoms with Crippen LogP contribution in [0.1, 0.15) is 33.2 Å². The molecule has 0 saturated carbocycles. The molecule has 4 aromatic carbocycles. The fourth-order valence-corrected chi connectivity index (χ4v) is 4.79. The van der Waals surface area contributed by atoms with Crippen LogP contribution in [0.25, 0.3) is 6.08 Å². The van der Waals surface area contributed by atoms with Gasteiger partial charge >= 0.3 is 0 Å². The molecule has 0 fully saturated rings. The van der Waals surface area contributed by atoms with Gasteiger partial charge in [0.05, 0.1) is 25.0 Å². The number of carbonyl (C=O) groups is 3. The number of ether oxygens (including phenoxy) is 2. The summed E-state index contributed by atoms with van der Waals surface area (Å²) in [5, 5.41) is 5.62. The molecule has 7 nitrogen and oxygen atoms in total. The van der Waals surface area contributed by atoms with Gasteiger partial charge in [0.1, 0.15) is 17.2 Å². The number of para-hydroxylation sites is 2. The van der Waals surface area contributed by atoms with E-state index in [4.69, 9.17) is 9.47 Å². The zero-order chi connectivity index (χ0) is 29.0. The highest BCUT2D eigenvalue weighted by atomic mass is 32.2. The fraction of sp³-hybridized carbons (Fsp3) is 0.121. The van der Waals surface area contributed by atoms with Gasteiger partial charge in [0, 0.05) is 21.7 Å².